The third-order valence-electron chi connectivity index (χ3n) is 3.29. The number of carbonyl (C=O) groups is 2. The van der Waals surface area contributed by atoms with Crippen LogP contribution in [0.3, 0.4) is 0 Å². The molecule has 0 atom stereocenters. The molecular formula is C14H25NO4. The van der Waals surface area contributed by atoms with Crippen LogP contribution in [-0.4, -0.2) is 31.8 Å². The van der Waals surface area contributed by atoms with Gasteiger partial charge in [-0.3, -0.25) is 4.79 Å². The molecule has 1 amide bonds. The number of hydrogen-bond donors (Lipinski definition) is 1. The van der Waals surface area contributed by atoms with E-state index in [1.807, 2.05) is 0 Å². The van der Waals surface area contributed by atoms with Crippen molar-refractivity contribution >= 4 is 12.1 Å². The highest BCUT2D eigenvalue weighted by Gasteiger charge is 2.14. The average molecular weight is 271 g/mol. The van der Waals surface area contributed by atoms with Gasteiger partial charge in [-0.15, -0.1) is 0 Å². The number of hydrogen-bond acceptors (Lipinski definition) is 4. The van der Waals surface area contributed by atoms with Crippen molar-refractivity contribution in [3.8, 4) is 0 Å². The maximum atomic E-state index is 11.4. The molecular weight excluding hydrogens is 246 g/mol. The molecule has 0 aromatic carbocycles. The Morgan fingerprint density at radius 3 is 2.37 bits per heavy atom. The molecule has 0 unspecified atom stereocenters. The number of ether oxygens (including phenoxy) is 2. The van der Waals surface area contributed by atoms with Gasteiger partial charge in [-0.1, -0.05) is 33.1 Å². The van der Waals surface area contributed by atoms with Crippen molar-refractivity contribution in [3.63, 3.8) is 0 Å². The number of nitrogens with one attached hydrogen (secondary N) is 1. The second kappa shape index (κ2) is 8.77. The maximum absolute atomic E-state index is 11.4. The van der Waals surface area contributed by atoms with Gasteiger partial charge in [-0.25, -0.2) is 4.79 Å². The molecule has 19 heavy (non-hydrogen) atoms. The van der Waals surface area contributed by atoms with Crippen LogP contribution >= 0.6 is 0 Å². The molecule has 1 aliphatic carbocycles. The molecule has 1 N–H and O–H groups in total. The van der Waals surface area contributed by atoms with Gasteiger partial charge in [0.1, 0.15) is 13.2 Å². The summed E-state index contributed by atoms with van der Waals surface area (Å²) < 4.78 is 9.84. The summed E-state index contributed by atoms with van der Waals surface area (Å²) in [7, 11) is 0. The summed E-state index contributed by atoms with van der Waals surface area (Å²) in [5, 5.41) is 2.76. The van der Waals surface area contributed by atoms with E-state index in [1.165, 1.54) is 32.1 Å². The smallest absolute Gasteiger partial charge is 0.407 e. The molecule has 0 saturated heterocycles. The van der Waals surface area contributed by atoms with Crippen LogP contribution in [0.2, 0.25) is 0 Å². The van der Waals surface area contributed by atoms with Gasteiger partial charge in [0.15, 0.2) is 0 Å². The topological polar surface area (TPSA) is 64.6 Å². The van der Waals surface area contributed by atoms with Crippen LogP contribution in [0.1, 0.15) is 46.0 Å². The highest BCUT2D eigenvalue weighted by molar-refractivity contribution is 5.71. The van der Waals surface area contributed by atoms with E-state index in [0.717, 1.165) is 0 Å². The highest BCUT2D eigenvalue weighted by Crippen LogP contribution is 2.22. The largest absolute Gasteiger partial charge is 0.462 e. The van der Waals surface area contributed by atoms with Crippen molar-refractivity contribution in [1.29, 1.82) is 0 Å². The number of amides is 1. The van der Waals surface area contributed by atoms with Gasteiger partial charge in [-0.2, -0.15) is 0 Å². The summed E-state index contributed by atoms with van der Waals surface area (Å²) in [5.41, 5.74) is 0. The van der Waals surface area contributed by atoms with E-state index in [2.05, 4.69) is 5.32 Å². The monoisotopic (exact) mass is 271 g/mol. The van der Waals surface area contributed by atoms with E-state index in [-0.39, 0.29) is 25.1 Å². The lowest BCUT2D eigenvalue weighted by Crippen LogP contribution is -2.31. The third-order valence-corrected chi connectivity index (χ3v) is 3.29. The van der Waals surface area contributed by atoms with Crippen LogP contribution in [0.25, 0.3) is 0 Å². The molecule has 0 bridgehead atoms. The zero-order chi connectivity index (χ0) is 14.1. The van der Waals surface area contributed by atoms with Crippen LogP contribution in [0.4, 0.5) is 4.79 Å². The summed E-state index contributed by atoms with van der Waals surface area (Å²) in [6, 6.07) is 0. The average Bonchev–Trinajstić information content (AvgIpc) is 2.42. The van der Waals surface area contributed by atoms with E-state index in [4.69, 9.17) is 9.47 Å². The Bertz CT molecular complexity index is 285. The standard InChI is InChI=1S/C14H25NO4/c1-11(2)13(16)18-8-9-19-14(17)15-10-12-6-4-3-5-7-12/h11-12H,3-10H2,1-2H3,(H,15,17). The first-order valence-corrected chi connectivity index (χ1v) is 7.17. The zero-order valence-electron chi connectivity index (χ0n) is 11.9. The van der Waals surface area contributed by atoms with Gasteiger partial charge in [0.05, 0.1) is 5.92 Å². The molecule has 1 rings (SSSR count). The molecule has 0 radical (unpaired) electrons. The van der Waals surface area contributed by atoms with E-state index in [0.29, 0.717) is 12.5 Å². The van der Waals surface area contributed by atoms with Gasteiger partial charge in [-0.05, 0) is 18.8 Å². The van der Waals surface area contributed by atoms with Gasteiger partial charge in [0, 0.05) is 6.54 Å². The molecule has 1 fully saturated rings. The Balaban J connectivity index is 2.00. The van der Waals surface area contributed by atoms with Crippen molar-refractivity contribution in [2.45, 2.75) is 46.0 Å². The number of rotatable bonds is 6. The van der Waals surface area contributed by atoms with Crippen LogP contribution in [0.5, 0.6) is 0 Å². The molecule has 5 heteroatoms. The Morgan fingerprint density at radius 1 is 1.11 bits per heavy atom. The number of alkyl carbamates (subject to hydrolysis) is 1. The summed E-state index contributed by atoms with van der Waals surface area (Å²) >= 11 is 0. The van der Waals surface area contributed by atoms with E-state index >= 15 is 0 Å². The van der Waals surface area contributed by atoms with Crippen LogP contribution in [-0.2, 0) is 14.3 Å². The molecule has 0 spiro atoms. The fraction of sp³-hybridized carbons (Fsp3) is 0.857. The van der Waals surface area contributed by atoms with Crippen molar-refractivity contribution in [3.05, 3.63) is 0 Å². The molecule has 1 aliphatic rings. The van der Waals surface area contributed by atoms with Crippen molar-refractivity contribution in [1.82, 2.24) is 5.32 Å². The van der Waals surface area contributed by atoms with Crippen molar-refractivity contribution in [2.24, 2.45) is 11.8 Å². The van der Waals surface area contributed by atoms with Gasteiger partial charge < -0.3 is 14.8 Å². The first-order valence-electron chi connectivity index (χ1n) is 7.17. The molecule has 0 aromatic rings. The first-order chi connectivity index (χ1) is 9.09. The van der Waals surface area contributed by atoms with Crippen LogP contribution < -0.4 is 5.32 Å². The quantitative estimate of drug-likeness (QED) is 0.595. The van der Waals surface area contributed by atoms with Crippen LogP contribution in [0, 0.1) is 11.8 Å². The summed E-state index contributed by atoms with van der Waals surface area (Å²) in [5.74, 6) is 0.159. The van der Waals surface area contributed by atoms with Crippen LogP contribution in [0.15, 0.2) is 0 Å². The molecule has 1 saturated carbocycles. The van der Waals surface area contributed by atoms with Crippen molar-refractivity contribution < 1.29 is 19.1 Å². The molecule has 0 aliphatic heterocycles. The summed E-state index contributed by atoms with van der Waals surface area (Å²) in [6.07, 6.45) is 5.77. The number of carbonyl (C=O) groups excluding carboxylic acids is 2. The van der Waals surface area contributed by atoms with E-state index in [9.17, 15) is 9.59 Å². The van der Waals surface area contributed by atoms with E-state index < -0.39 is 6.09 Å². The zero-order valence-corrected chi connectivity index (χ0v) is 11.9. The molecule has 110 valence electrons. The van der Waals surface area contributed by atoms with Gasteiger partial charge in [0.2, 0.25) is 0 Å². The predicted molar refractivity (Wildman–Crippen MR) is 71.7 cm³/mol. The number of esters is 1. The second-order valence-electron chi connectivity index (χ2n) is 5.34. The Hall–Kier alpha value is -1.26. The lowest BCUT2D eigenvalue weighted by molar-refractivity contribution is -0.148. The minimum atomic E-state index is -0.425. The Kier molecular flexibility index (Phi) is 7.30. The Morgan fingerprint density at radius 2 is 1.74 bits per heavy atom. The second-order valence-corrected chi connectivity index (χ2v) is 5.34. The van der Waals surface area contributed by atoms with Crippen molar-refractivity contribution in [2.75, 3.05) is 19.8 Å². The van der Waals surface area contributed by atoms with Gasteiger partial charge >= 0.3 is 12.1 Å². The highest BCUT2D eigenvalue weighted by atomic mass is 16.6. The fourth-order valence-electron chi connectivity index (χ4n) is 2.11. The fourth-order valence-corrected chi connectivity index (χ4v) is 2.11. The molecule has 5 nitrogen and oxygen atoms in total. The summed E-state index contributed by atoms with van der Waals surface area (Å²) in [4.78, 5) is 22.5. The third kappa shape index (κ3) is 7.03. The lowest BCUT2D eigenvalue weighted by Gasteiger charge is -2.21. The Labute approximate surface area is 115 Å². The first kappa shape index (κ1) is 15.8. The SMILES string of the molecule is CC(C)C(=O)OCCOC(=O)NCC1CCCCC1. The summed E-state index contributed by atoms with van der Waals surface area (Å²) in [6.45, 7) is 4.44. The molecule has 0 heterocycles. The minimum absolute atomic E-state index is 0.106. The van der Waals surface area contributed by atoms with Gasteiger partial charge in [0.25, 0.3) is 0 Å². The normalized spacial score (nSPS) is 16.2. The minimum Gasteiger partial charge on any atom is -0.462 e. The van der Waals surface area contributed by atoms with E-state index in [1.54, 1.807) is 13.8 Å². The predicted octanol–water partition coefficient (Wildman–Crippen LogP) is 2.49. The maximum Gasteiger partial charge on any atom is 0.407 e. The lowest BCUT2D eigenvalue weighted by atomic mass is 9.89. The molecule has 0 aromatic heterocycles.